The van der Waals surface area contributed by atoms with Crippen LogP contribution in [0.4, 0.5) is 0 Å². The first kappa shape index (κ1) is 21.6. The highest BCUT2D eigenvalue weighted by Gasteiger charge is 2.23. The van der Waals surface area contributed by atoms with Crippen molar-refractivity contribution >= 4 is 11.9 Å². The molecule has 0 radical (unpaired) electrons. The number of guanidine groups is 1. The summed E-state index contributed by atoms with van der Waals surface area (Å²) in [6.45, 7) is 8.90. The Balaban J connectivity index is 1.34. The molecule has 1 atom stereocenters. The molecular weight excluding hydrogens is 364 g/mol. The second-order valence-corrected chi connectivity index (χ2v) is 8.12. The van der Waals surface area contributed by atoms with Gasteiger partial charge in [-0.3, -0.25) is 14.7 Å². The van der Waals surface area contributed by atoms with Crippen molar-refractivity contribution in [1.82, 2.24) is 20.0 Å². The zero-order chi connectivity index (χ0) is 20.5. The maximum absolute atomic E-state index is 11.4. The lowest BCUT2D eigenvalue weighted by molar-refractivity contribution is -0.123. The van der Waals surface area contributed by atoms with Gasteiger partial charge in [0, 0.05) is 52.9 Å². The monoisotopic (exact) mass is 400 g/mol. The lowest BCUT2D eigenvalue weighted by atomic mass is 9.97. The first-order valence-electron chi connectivity index (χ1n) is 10.9. The van der Waals surface area contributed by atoms with E-state index in [1.54, 1.807) is 0 Å². The summed E-state index contributed by atoms with van der Waals surface area (Å²) in [4.78, 5) is 23.1. The number of rotatable bonds is 7. The molecule has 0 aromatic heterocycles. The van der Waals surface area contributed by atoms with Crippen molar-refractivity contribution in [2.24, 2.45) is 16.6 Å². The minimum atomic E-state index is -0.153. The molecule has 2 aliphatic heterocycles. The lowest BCUT2D eigenvalue weighted by Crippen LogP contribution is -2.52. The number of amides is 1. The number of piperazine rings is 1. The largest absolute Gasteiger partial charge is 0.369 e. The van der Waals surface area contributed by atoms with Crippen LogP contribution in [0.1, 0.15) is 24.8 Å². The van der Waals surface area contributed by atoms with Gasteiger partial charge in [-0.25, -0.2) is 0 Å². The highest BCUT2D eigenvalue weighted by molar-refractivity contribution is 5.80. The van der Waals surface area contributed by atoms with Crippen molar-refractivity contribution in [3.8, 4) is 0 Å². The second kappa shape index (κ2) is 11.2. The predicted molar refractivity (Wildman–Crippen MR) is 118 cm³/mol. The Morgan fingerprint density at radius 3 is 2.59 bits per heavy atom. The molecule has 0 bridgehead atoms. The number of aliphatic imine (C=N–C) groups is 1. The van der Waals surface area contributed by atoms with Gasteiger partial charge >= 0.3 is 0 Å². The summed E-state index contributed by atoms with van der Waals surface area (Å²) < 4.78 is 0. The average molecular weight is 401 g/mol. The molecule has 3 rings (SSSR count). The fourth-order valence-corrected chi connectivity index (χ4v) is 4.29. The van der Waals surface area contributed by atoms with Gasteiger partial charge in [0.15, 0.2) is 5.96 Å². The van der Waals surface area contributed by atoms with Crippen LogP contribution >= 0.6 is 0 Å². The number of nitrogens with one attached hydrogen (secondary N) is 1. The molecule has 7 nitrogen and oxygen atoms in total. The van der Waals surface area contributed by atoms with Gasteiger partial charge in [0.1, 0.15) is 0 Å². The molecule has 1 unspecified atom stereocenters. The molecule has 7 heteroatoms. The third-order valence-electron chi connectivity index (χ3n) is 5.97. The van der Waals surface area contributed by atoms with Gasteiger partial charge in [0.2, 0.25) is 5.91 Å². The molecular formula is C22H36N6O. The summed E-state index contributed by atoms with van der Waals surface area (Å²) in [5.41, 5.74) is 6.85. The molecule has 2 fully saturated rings. The molecule has 2 saturated heterocycles. The second-order valence-electron chi connectivity index (χ2n) is 8.12. The molecule has 0 aliphatic carbocycles. The zero-order valence-corrected chi connectivity index (χ0v) is 17.7. The number of carbonyl (C=O) groups is 1. The van der Waals surface area contributed by atoms with Crippen molar-refractivity contribution in [2.45, 2.75) is 25.8 Å². The maximum Gasteiger partial charge on any atom is 0.221 e. The minimum Gasteiger partial charge on any atom is -0.369 e. The summed E-state index contributed by atoms with van der Waals surface area (Å²) >= 11 is 0. The highest BCUT2D eigenvalue weighted by Crippen LogP contribution is 2.16. The number of nitrogens with two attached hydrogens (primary N) is 1. The lowest BCUT2D eigenvalue weighted by Gasteiger charge is -2.36. The fraction of sp³-hybridized carbons (Fsp3) is 0.636. The number of primary amides is 1. The zero-order valence-electron chi connectivity index (χ0n) is 17.7. The topological polar surface area (TPSA) is 77.2 Å². The van der Waals surface area contributed by atoms with Crippen LogP contribution in [0, 0.1) is 5.92 Å². The van der Waals surface area contributed by atoms with Gasteiger partial charge in [-0.15, -0.1) is 0 Å². The van der Waals surface area contributed by atoms with E-state index in [9.17, 15) is 4.79 Å². The fourth-order valence-electron chi connectivity index (χ4n) is 4.29. The number of hydrogen-bond donors (Lipinski definition) is 2. The van der Waals surface area contributed by atoms with Crippen molar-refractivity contribution in [3.05, 3.63) is 35.9 Å². The molecule has 1 amide bonds. The van der Waals surface area contributed by atoms with Crippen molar-refractivity contribution in [1.29, 1.82) is 0 Å². The third kappa shape index (κ3) is 6.72. The van der Waals surface area contributed by atoms with Gasteiger partial charge in [0.05, 0.1) is 5.92 Å². The molecule has 160 valence electrons. The Morgan fingerprint density at radius 1 is 1.14 bits per heavy atom. The van der Waals surface area contributed by atoms with E-state index >= 15 is 0 Å². The van der Waals surface area contributed by atoms with Crippen LogP contribution in [-0.4, -0.2) is 86.0 Å². The van der Waals surface area contributed by atoms with E-state index < -0.39 is 0 Å². The maximum atomic E-state index is 11.4. The summed E-state index contributed by atoms with van der Waals surface area (Å²) in [6, 6.07) is 10.7. The number of carbonyl (C=O) groups excluding carboxylic acids is 1. The van der Waals surface area contributed by atoms with E-state index in [1.165, 1.54) is 5.56 Å². The van der Waals surface area contributed by atoms with E-state index in [-0.39, 0.29) is 11.8 Å². The van der Waals surface area contributed by atoms with Gasteiger partial charge in [-0.05, 0) is 37.9 Å². The molecule has 3 N–H and O–H groups in total. The predicted octanol–water partition coefficient (Wildman–Crippen LogP) is 0.967. The van der Waals surface area contributed by atoms with E-state index in [4.69, 9.17) is 5.73 Å². The molecule has 2 aliphatic rings. The molecule has 1 aromatic rings. The third-order valence-corrected chi connectivity index (χ3v) is 5.97. The first-order chi connectivity index (χ1) is 14.2. The smallest absolute Gasteiger partial charge is 0.221 e. The number of piperidine rings is 1. The Bertz CT molecular complexity index is 657. The molecule has 2 heterocycles. The van der Waals surface area contributed by atoms with E-state index in [0.717, 1.165) is 84.1 Å². The normalized spacial score (nSPS) is 21.9. The Kier molecular flexibility index (Phi) is 8.31. The highest BCUT2D eigenvalue weighted by atomic mass is 16.1. The van der Waals surface area contributed by atoms with Gasteiger partial charge in [-0.1, -0.05) is 30.3 Å². The minimum absolute atomic E-state index is 0.0247. The number of hydrogen-bond acceptors (Lipinski definition) is 4. The van der Waals surface area contributed by atoms with Gasteiger partial charge < -0.3 is 20.9 Å². The molecule has 0 spiro atoms. The first-order valence-corrected chi connectivity index (χ1v) is 10.9. The van der Waals surface area contributed by atoms with Crippen LogP contribution in [0.15, 0.2) is 35.3 Å². The summed E-state index contributed by atoms with van der Waals surface area (Å²) in [5, 5.41) is 3.52. The summed E-state index contributed by atoms with van der Waals surface area (Å²) in [5.74, 6) is 0.870. The SMILES string of the molecule is CN=C(NCCCN1CCCC(C(N)=O)C1)N1CCN(Cc2ccccc2)CC1. The van der Waals surface area contributed by atoms with Crippen LogP contribution in [0.25, 0.3) is 0 Å². The van der Waals surface area contributed by atoms with E-state index in [1.807, 2.05) is 7.05 Å². The quantitative estimate of drug-likeness (QED) is 0.405. The van der Waals surface area contributed by atoms with Crippen LogP contribution in [0.3, 0.4) is 0 Å². The van der Waals surface area contributed by atoms with E-state index in [2.05, 4.69) is 55.3 Å². The van der Waals surface area contributed by atoms with Crippen molar-refractivity contribution in [3.63, 3.8) is 0 Å². The van der Waals surface area contributed by atoms with Gasteiger partial charge in [0.25, 0.3) is 0 Å². The van der Waals surface area contributed by atoms with E-state index in [0.29, 0.717) is 0 Å². The van der Waals surface area contributed by atoms with Gasteiger partial charge in [-0.2, -0.15) is 0 Å². The van der Waals surface area contributed by atoms with Crippen LogP contribution in [0.5, 0.6) is 0 Å². The Labute approximate surface area is 174 Å². The molecule has 1 aromatic carbocycles. The summed E-state index contributed by atoms with van der Waals surface area (Å²) in [6.07, 6.45) is 3.04. The standard InChI is InChI=1S/C22H36N6O/c1-24-22(25-10-6-12-26-11-5-9-20(18-26)21(23)29)28-15-13-27(14-16-28)17-19-7-3-2-4-8-19/h2-4,7-8,20H,5-6,9-18H2,1H3,(H2,23,29)(H,24,25). The Hall–Kier alpha value is -2.12. The molecule has 29 heavy (non-hydrogen) atoms. The molecule has 0 saturated carbocycles. The Morgan fingerprint density at radius 2 is 1.90 bits per heavy atom. The van der Waals surface area contributed by atoms with Crippen LogP contribution in [0.2, 0.25) is 0 Å². The van der Waals surface area contributed by atoms with Crippen LogP contribution < -0.4 is 11.1 Å². The average Bonchev–Trinajstić information content (AvgIpc) is 2.75. The van der Waals surface area contributed by atoms with Crippen molar-refractivity contribution in [2.75, 3.05) is 59.4 Å². The number of nitrogens with zero attached hydrogens (tertiary/aromatic N) is 4. The number of benzene rings is 1. The summed E-state index contributed by atoms with van der Waals surface area (Å²) in [7, 11) is 1.86. The van der Waals surface area contributed by atoms with Crippen LogP contribution in [-0.2, 0) is 11.3 Å². The number of likely N-dealkylation sites (tertiary alicyclic amines) is 1. The van der Waals surface area contributed by atoms with Crippen molar-refractivity contribution < 1.29 is 4.79 Å².